The van der Waals surface area contributed by atoms with Crippen LogP contribution in [-0.2, 0) is 0 Å². The third-order valence-electron chi connectivity index (χ3n) is 2.94. The van der Waals surface area contributed by atoms with Crippen LogP contribution in [0.3, 0.4) is 0 Å². The molecule has 0 unspecified atom stereocenters. The number of para-hydroxylation sites is 2. The number of halogens is 1. The first-order valence-corrected chi connectivity index (χ1v) is 6.70. The Hall–Kier alpha value is -1.26. The van der Waals surface area contributed by atoms with E-state index in [1.54, 1.807) is 11.3 Å². The van der Waals surface area contributed by atoms with Gasteiger partial charge in [0.15, 0.2) is 5.13 Å². The highest BCUT2D eigenvalue weighted by molar-refractivity contribution is 7.14. The van der Waals surface area contributed by atoms with Gasteiger partial charge in [0, 0.05) is 25.5 Å². The van der Waals surface area contributed by atoms with Crippen molar-refractivity contribution in [2.75, 3.05) is 29.9 Å². The van der Waals surface area contributed by atoms with Gasteiger partial charge >= 0.3 is 0 Å². The summed E-state index contributed by atoms with van der Waals surface area (Å²) in [4.78, 5) is 8.84. The second-order valence-corrected chi connectivity index (χ2v) is 5.24. The molecule has 0 N–H and O–H groups in total. The fourth-order valence-electron chi connectivity index (χ4n) is 2.07. The lowest BCUT2D eigenvalue weighted by atomic mass is 10.2. The van der Waals surface area contributed by atoms with Crippen molar-refractivity contribution >= 4 is 39.4 Å². The molecule has 17 heavy (non-hydrogen) atoms. The van der Waals surface area contributed by atoms with Crippen molar-refractivity contribution in [2.45, 2.75) is 0 Å². The van der Waals surface area contributed by atoms with Gasteiger partial charge in [-0.25, -0.2) is 4.98 Å². The topological polar surface area (TPSA) is 19.4 Å². The zero-order chi connectivity index (χ0) is 11.8. The first-order chi connectivity index (χ1) is 8.25. The molecule has 3 nitrogen and oxygen atoms in total. The Balaban J connectivity index is 2.06. The van der Waals surface area contributed by atoms with E-state index in [4.69, 9.17) is 11.6 Å². The average molecular weight is 266 g/mol. The van der Waals surface area contributed by atoms with E-state index in [0.29, 0.717) is 5.15 Å². The van der Waals surface area contributed by atoms with Crippen LogP contribution in [0.25, 0.3) is 0 Å². The largest absolute Gasteiger partial charge is 0.371 e. The number of rotatable bonds is 1. The maximum atomic E-state index is 5.90. The molecule has 2 aromatic rings. The third-order valence-corrected chi connectivity index (χ3v) is 4.12. The molecule has 0 atom stereocenters. The maximum Gasteiger partial charge on any atom is 0.191 e. The molecular formula is C12H12ClN3S. The van der Waals surface area contributed by atoms with Crippen LogP contribution < -0.4 is 9.80 Å². The van der Waals surface area contributed by atoms with Crippen molar-refractivity contribution in [3.63, 3.8) is 0 Å². The van der Waals surface area contributed by atoms with E-state index in [2.05, 4.69) is 46.1 Å². The summed E-state index contributed by atoms with van der Waals surface area (Å²) in [5, 5.41) is 3.41. The van der Waals surface area contributed by atoms with Gasteiger partial charge in [-0.15, -0.1) is 11.3 Å². The normalized spacial score (nSPS) is 14.9. The molecular weight excluding hydrogens is 254 g/mol. The number of likely N-dealkylation sites (N-methyl/N-ethyl adjacent to an activating group) is 1. The van der Waals surface area contributed by atoms with Crippen LogP contribution in [0.5, 0.6) is 0 Å². The summed E-state index contributed by atoms with van der Waals surface area (Å²) in [7, 11) is 2.12. The summed E-state index contributed by atoms with van der Waals surface area (Å²) in [6, 6.07) is 8.38. The third kappa shape index (κ3) is 1.87. The Morgan fingerprint density at radius 1 is 1.24 bits per heavy atom. The minimum absolute atomic E-state index is 0.571. The van der Waals surface area contributed by atoms with Crippen LogP contribution in [-0.4, -0.2) is 25.1 Å². The number of anilines is 3. The molecule has 1 aliphatic rings. The Labute approximate surface area is 109 Å². The molecule has 0 fully saturated rings. The Morgan fingerprint density at radius 2 is 2.00 bits per heavy atom. The molecule has 3 rings (SSSR count). The Morgan fingerprint density at radius 3 is 2.71 bits per heavy atom. The Bertz CT molecular complexity index is 540. The number of hydrogen-bond donors (Lipinski definition) is 0. The molecule has 1 aromatic heterocycles. The van der Waals surface area contributed by atoms with Crippen LogP contribution in [0.15, 0.2) is 29.6 Å². The number of aromatic nitrogens is 1. The molecule has 88 valence electrons. The predicted molar refractivity (Wildman–Crippen MR) is 73.8 cm³/mol. The standard InChI is InChI=1S/C12H12ClN3S/c1-15-6-7-16(12-14-11(13)8-17-12)10-5-3-2-4-9(10)15/h2-5,8H,6-7H2,1H3. The van der Waals surface area contributed by atoms with E-state index in [1.165, 1.54) is 11.4 Å². The summed E-state index contributed by atoms with van der Waals surface area (Å²) in [6.07, 6.45) is 0. The molecule has 0 saturated carbocycles. The lowest BCUT2D eigenvalue weighted by molar-refractivity contribution is 0.819. The van der Waals surface area contributed by atoms with E-state index >= 15 is 0 Å². The highest BCUT2D eigenvalue weighted by Crippen LogP contribution is 2.38. The molecule has 1 aromatic carbocycles. The summed E-state index contributed by atoms with van der Waals surface area (Å²) in [5.74, 6) is 0. The van der Waals surface area contributed by atoms with Gasteiger partial charge < -0.3 is 9.80 Å². The highest BCUT2D eigenvalue weighted by atomic mass is 35.5. The number of hydrogen-bond acceptors (Lipinski definition) is 4. The van der Waals surface area contributed by atoms with E-state index in [0.717, 1.165) is 18.2 Å². The van der Waals surface area contributed by atoms with Crippen molar-refractivity contribution in [3.05, 3.63) is 34.8 Å². The monoisotopic (exact) mass is 265 g/mol. The minimum atomic E-state index is 0.571. The fraction of sp³-hybridized carbons (Fsp3) is 0.250. The van der Waals surface area contributed by atoms with Crippen LogP contribution in [0.1, 0.15) is 0 Å². The van der Waals surface area contributed by atoms with E-state index in [9.17, 15) is 0 Å². The van der Waals surface area contributed by atoms with Gasteiger partial charge in [0.1, 0.15) is 5.15 Å². The van der Waals surface area contributed by atoms with Gasteiger partial charge in [-0.2, -0.15) is 0 Å². The number of benzene rings is 1. The van der Waals surface area contributed by atoms with E-state index in [1.807, 2.05) is 5.38 Å². The first-order valence-electron chi connectivity index (χ1n) is 5.44. The maximum absolute atomic E-state index is 5.90. The molecule has 0 spiro atoms. The zero-order valence-corrected chi connectivity index (χ0v) is 11.0. The van der Waals surface area contributed by atoms with Crippen molar-refractivity contribution < 1.29 is 0 Å². The van der Waals surface area contributed by atoms with Crippen LogP contribution in [0, 0.1) is 0 Å². The van der Waals surface area contributed by atoms with E-state index in [-0.39, 0.29) is 0 Å². The van der Waals surface area contributed by atoms with Crippen molar-refractivity contribution in [3.8, 4) is 0 Å². The summed E-state index contributed by atoms with van der Waals surface area (Å²) < 4.78 is 0. The lowest BCUT2D eigenvalue weighted by Gasteiger charge is -2.35. The molecule has 0 amide bonds. The SMILES string of the molecule is CN1CCN(c2nc(Cl)cs2)c2ccccc21. The van der Waals surface area contributed by atoms with Crippen molar-refractivity contribution in [1.82, 2.24) is 4.98 Å². The molecule has 5 heteroatoms. The summed E-state index contributed by atoms with van der Waals surface area (Å²) in [6.45, 7) is 1.94. The number of thiazole rings is 1. The second kappa shape index (κ2) is 4.20. The smallest absolute Gasteiger partial charge is 0.191 e. The summed E-state index contributed by atoms with van der Waals surface area (Å²) in [5.41, 5.74) is 2.44. The molecule has 0 radical (unpaired) electrons. The molecule has 0 aliphatic carbocycles. The number of nitrogens with zero attached hydrogens (tertiary/aromatic N) is 3. The highest BCUT2D eigenvalue weighted by Gasteiger charge is 2.22. The predicted octanol–water partition coefficient (Wildman–Crippen LogP) is 3.38. The van der Waals surface area contributed by atoms with Crippen LogP contribution in [0.4, 0.5) is 16.5 Å². The van der Waals surface area contributed by atoms with Gasteiger partial charge in [0.25, 0.3) is 0 Å². The zero-order valence-electron chi connectivity index (χ0n) is 9.43. The fourth-order valence-corrected chi connectivity index (χ4v) is 3.06. The lowest BCUT2D eigenvalue weighted by Crippen LogP contribution is -2.36. The van der Waals surface area contributed by atoms with Gasteiger partial charge in [-0.1, -0.05) is 23.7 Å². The molecule has 2 heterocycles. The van der Waals surface area contributed by atoms with Crippen LogP contribution in [0.2, 0.25) is 5.15 Å². The Kier molecular flexibility index (Phi) is 2.68. The van der Waals surface area contributed by atoms with Gasteiger partial charge in [0.05, 0.1) is 11.4 Å². The first kappa shape index (κ1) is 10.9. The van der Waals surface area contributed by atoms with Crippen LogP contribution >= 0.6 is 22.9 Å². The van der Waals surface area contributed by atoms with Gasteiger partial charge in [-0.3, -0.25) is 0 Å². The van der Waals surface area contributed by atoms with E-state index < -0.39 is 0 Å². The average Bonchev–Trinajstić information content (AvgIpc) is 2.77. The molecule has 0 bridgehead atoms. The summed E-state index contributed by atoms with van der Waals surface area (Å²) >= 11 is 7.48. The quantitative estimate of drug-likeness (QED) is 0.788. The van der Waals surface area contributed by atoms with Crippen molar-refractivity contribution in [1.29, 1.82) is 0 Å². The van der Waals surface area contributed by atoms with Gasteiger partial charge in [0.2, 0.25) is 0 Å². The van der Waals surface area contributed by atoms with Gasteiger partial charge in [-0.05, 0) is 12.1 Å². The second-order valence-electron chi connectivity index (χ2n) is 4.01. The molecule has 1 aliphatic heterocycles. The number of fused-ring (bicyclic) bond motifs is 1. The van der Waals surface area contributed by atoms with Crippen molar-refractivity contribution in [2.24, 2.45) is 0 Å². The molecule has 0 saturated heterocycles. The minimum Gasteiger partial charge on any atom is -0.371 e.